The molecular weight excluding hydrogens is 637 g/mol. The van der Waals surface area contributed by atoms with Crippen molar-refractivity contribution < 1.29 is 28.6 Å². The Balaban J connectivity index is 1.31. The number of aromatic hydroxyl groups is 1. The highest BCUT2D eigenvalue weighted by Gasteiger charge is 2.60. The van der Waals surface area contributed by atoms with Crippen molar-refractivity contribution in [3.63, 3.8) is 0 Å². The van der Waals surface area contributed by atoms with Gasteiger partial charge < -0.3 is 19.1 Å². The highest BCUT2D eigenvalue weighted by molar-refractivity contribution is 6.13. The molecule has 1 N–H and O–H groups in total. The monoisotopic (exact) mass is 671 g/mol. The molecule has 14 heteroatoms. The molecule has 2 aliphatic carbocycles. The molecule has 0 saturated heterocycles. The van der Waals surface area contributed by atoms with Crippen LogP contribution in [0.5, 0.6) is 17.2 Å². The van der Waals surface area contributed by atoms with Crippen molar-refractivity contribution in [2.24, 2.45) is 18.4 Å². The fraction of sp³-hybridized carbons (Fsp3) is 0.371. The number of hydrogen-bond acceptors (Lipinski definition) is 9. The molecule has 3 aliphatic rings. The summed E-state index contributed by atoms with van der Waals surface area (Å²) in [5.41, 5.74) is -1.08. The standard InChI is InChI=1S/C35H34FN5O8/c1-17-13-26(42)20-14-24-18(29(35(20,2)31(17)44)19-7-6-8-21(36)30(19)43)9-12-40-33(46)39(34(47)41(24)40)11-10-22-32(45)38(3)25-16-28(49-5)27(48-4)15-23(25)37-22/h6-9,13,15-16,20,24,29,43H,10-12,14H2,1-5H3/t20-,24+,29+,35+/m0/s1. The van der Waals surface area contributed by atoms with Crippen LogP contribution in [0.1, 0.15) is 43.5 Å². The maximum Gasteiger partial charge on any atom is 0.347 e. The zero-order valence-electron chi connectivity index (χ0n) is 27.5. The number of carbonyl (C=O) groups excluding carboxylic acids is 2. The summed E-state index contributed by atoms with van der Waals surface area (Å²) in [6.07, 6.45) is 3.00. The van der Waals surface area contributed by atoms with Gasteiger partial charge in [0.15, 0.2) is 34.6 Å². The summed E-state index contributed by atoms with van der Waals surface area (Å²) in [7, 11) is 4.56. The summed E-state index contributed by atoms with van der Waals surface area (Å²) in [6, 6.07) is 6.46. The molecule has 0 spiro atoms. The molecule has 0 bridgehead atoms. The number of carbonyl (C=O) groups is 2. The number of nitrogens with zero attached hydrogens (tertiary/aromatic N) is 5. The van der Waals surface area contributed by atoms with Crippen molar-refractivity contribution in [2.75, 3.05) is 14.2 Å². The predicted octanol–water partition coefficient (Wildman–Crippen LogP) is 2.55. The number of rotatable bonds is 6. The van der Waals surface area contributed by atoms with Gasteiger partial charge in [-0.2, -0.15) is 0 Å². The topological polar surface area (TPSA) is 157 Å². The van der Waals surface area contributed by atoms with Gasteiger partial charge in [-0.25, -0.2) is 32.9 Å². The van der Waals surface area contributed by atoms with Crippen LogP contribution in [0.2, 0.25) is 0 Å². The van der Waals surface area contributed by atoms with E-state index in [0.717, 1.165) is 10.6 Å². The maximum atomic E-state index is 14.8. The van der Waals surface area contributed by atoms with Gasteiger partial charge in [0.25, 0.3) is 5.56 Å². The van der Waals surface area contributed by atoms with Crippen molar-refractivity contribution in [1.29, 1.82) is 0 Å². The smallest absolute Gasteiger partial charge is 0.347 e. The summed E-state index contributed by atoms with van der Waals surface area (Å²) < 4.78 is 30.5. The van der Waals surface area contributed by atoms with Crippen molar-refractivity contribution >= 4 is 22.6 Å². The highest BCUT2D eigenvalue weighted by Crippen LogP contribution is 2.60. The predicted molar refractivity (Wildman–Crippen MR) is 175 cm³/mol. The Morgan fingerprint density at radius 3 is 2.49 bits per heavy atom. The van der Waals surface area contributed by atoms with Crippen molar-refractivity contribution in [3.8, 4) is 17.2 Å². The van der Waals surface area contributed by atoms with Crippen LogP contribution < -0.4 is 26.4 Å². The van der Waals surface area contributed by atoms with Gasteiger partial charge in [-0.05, 0) is 36.6 Å². The van der Waals surface area contributed by atoms with Crippen LogP contribution in [-0.2, 0) is 36.1 Å². The third-order valence-corrected chi connectivity index (χ3v) is 10.5. The lowest BCUT2D eigenvalue weighted by Gasteiger charge is -2.52. The number of para-hydroxylation sites is 1. The molecular formula is C35H34FN5O8. The lowest BCUT2D eigenvalue weighted by molar-refractivity contribution is -0.139. The first kappa shape index (κ1) is 32.0. The molecule has 254 valence electrons. The van der Waals surface area contributed by atoms with E-state index in [1.165, 1.54) is 46.4 Å². The number of allylic oxidation sites excluding steroid dienone is 4. The quantitative estimate of drug-likeness (QED) is 0.305. The molecule has 3 heterocycles. The third kappa shape index (κ3) is 4.49. The average Bonchev–Trinajstić information content (AvgIpc) is 3.33. The Morgan fingerprint density at radius 2 is 1.78 bits per heavy atom. The molecule has 1 saturated carbocycles. The zero-order valence-corrected chi connectivity index (χ0v) is 27.5. The van der Waals surface area contributed by atoms with E-state index in [2.05, 4.69) is 4.98 Å². The van der Waals surface area contributed by atoms with E-state index in [1.807, 2.05) is 0 Å². The van der Waals surface area contributed by atoms with E-state index in [-0.39, 0.29) is 54.3 Å². The van der Waals surface area contributed by atoms with Gasteiger partial charge in [-0.1, -0.05) is 25.1 Å². The molecule has 0 amide bonds. The number of ketones is 2. The van der Waals surface area contributed by atoms with Gasteiger partial charge in [0.2, 0.25) is 0 Å². The molecule has 2 aromatic carbocycles. The summed E-state index contributed by atoms with van der Waals surface area (Å²) in [5, 5.41) is 10.9. The lowest BCUT2D eigenvalue weighted by Crippen LogP contribution is -2.54. The molecule has 1 fully saturated rings. The number of phenolic OH excluding ortho intramolecular Hbond substituents is 1. The van der Waals surface area contributed by atoms with Crippen LogP contribution in [0.15, 0.2) is 68.0 Å². The number of fused-ring (bicyclic) bond motifs is 5. The fourth-order valence-electron chi connectivity index (χ4n) is 8.10. The average molecular weight is 672 g/mol. The van der Waals surface area contributed by atoms with Crippen molar-refractivity contribution in [3.05, 3.63) is 102 Å². The Kier molecular flexibility index (Phi) is 7.37. The van der Waals surface area contributed by atoms with E-state index in [9.17, 15) is 33.5 Å². The van der Waals surface area contributed by atoms with Crippen molar-refractivity contribution in [2.45, 2.75) is 51.7 Å². The molecule has 0 unspecified atom stereocenters. The van der Waals surface area contributed by atoms with E-state index >= 15 is 0 Å². The number of hydrogen-bond donors (Lipinski definition) is 1. The number of Topliss-reactive ketones (excluding diaryl/α,β-unsaturated/α-hetero) is 1. The molecule has 4 atom stereocenters. The lowest BCUT2D eigenvalue weighted by atomic mass is 9.51. The van der Waals surface area contributed by atoms with E-state index < -0.39 is 51.8 Å². The number of aromatic nitrogens is 5. The fourth-order valence-corrected chi connectivity index (χ4v) is 8.10. The Bertz CT molecular complexity index is 2360. The Morgan fingerprint density at radius 1 is 1.06 bits per heavy atom. The van der Waals surface area contributed by atoms with Gasteiger partial charge in [-0.15, -0.1) is 0 Å². The van der Waals surface area contributed by atoms with Gasteiger partial charge in [0.05, 0.1) is 43.3 Å². The number of ether oxygens (including phenoxy) is 2. The normalized spacial score (nSPS) is 23.0. The molecule has 49 heavy (non-hydrogen) atoms. The number of methoxy groups -OCH3 is 2. The molecule has 13 nitrogen and oxygen atoms in total. The summed E-state index contributed by atoms with van der Waals surface area (Å²) in [5.74, 6) is -3.20. The first-order valence-electron chi connectivity index (χ1n) is 15.8. The zero-order chi connectivity index (χ0) is 35.1. The van der Waals surface area contributed by atoms with Crippen LogP contribution in [0.25, 0.3) is 11.0 Å². The van der Waals surface area contributed by atoms with Crippen molar-refractivity contribution in [1.82, 2.24) is 23.5 Å². The SMILES string of the molecule is COc1cc2nc(CCn3c(=O)n4n(c3=O)[C@@H]3C[C@H]5C(=O)C=C(C)C(=O)[C@@]5(C)[C@@H](c5cccc(F)c5O)C3=CC4)c(=O)n(C)c2cc1OC. The molecule has 0 radical (unpaired) electrons. The first-order valence-corrected chi connectivity index (χ1v) is 15.8. The first-order chi connectivity index (χ1) is 23.3. The van der Waals surface area contributed by atoms with Crippen LogP contribution >= 0.6 is 0 Å². The minimum absolute atomic E-state index is 0.0324. The Hall–Kier alpha value is -5.53. The third-order valence-electron chi connectivity index (χ3n) is 10.5. The summed E-state index contributed by atoms with van der Waals surface area (Å²) in [4.78, 5) is 73.1. The van der Waals surface area contributed by atoms with Crippen LogP contribution in [0.3, 0.4) is 0 Å². The van der Waals surface area contributed by atoms with E-state index in [4.69, 9.17) is 9.47 Å². The van der Waals surface area contributed by atoms with Gasteiger partial charge in [0, 0.05) is 49.5 Å². The summed E-state index contributed by atoms with van der Waals surface area (Å²) >= 11 is 0. The Labute approximate surface area is 278 Å². The van der Waals surface area contributed by atoms with Gasteiger partial charge in [0.1, 0.15) is 5.69 Å². The van der Waals surface area contributed by atoms with Gasteiger partial charge in [-0.3, -0.25) is 14.4 Å². The number of halogens is 1. The molecule has 1 aliphatic heterocycles. The largest absolute Gasteiger partial charge is 0.505 e. The van der Waals surface area contributed by atoms with Crippen LogP contribution in [0.4, 0.5) is 4.39 Å². The molecule has 7 rings (SSSR count). The van der Waals surface area contributed by atoms with Crippen LogP contribution in [0, 0.1) is 17.2 Å². The van der Waals surface area contributed by atoms with Crippen LogP contribution in [-0.4, -0.2) is 54.4 Å². The molecule has 4 aromatic rings. The van der Waals surface area contributed by atoms with E-state index in [0.29, 0.717) is 28.1 Å². The maximum absolute atomic E-state index is 14.8. The molecule has 2 aromatic heterocycles. The second-order valence-corrected chi connectivity index (χ2v) is 13.0. The minimum Gasteiger partial charge on any atom is -0.505 e. The summed E-state index contributed by atoms with van der Waals surface area (Å²) in [6.45, 7) is 2.99. The highest BCUT2D eigenvalue weighted by atomic mass is 19.1. The van der Waals surface area contributed by atoms with Gasteiger partial charge >= 0.3 is 11.4 Å². The second-order valence-electron chi connectivity index (χ2n) is 13.0. The number of phenols is 1. The second kappa shape index (κ2) is 11.3. The number of aryl methyl sites for hydroxylation is 2. The van der Waals surface area contributed by atoms with E-state index in [1.54, 1.807) is 39.1 Å². The number of benzene rings is 2. The minimum atomic E-state index is -1.38.